The van der Waals surface area contributed by atoms with Crippen molar-refractivity contribution in [2.75, 3.05) is 7.11 Å². The summed E-state index contributed by atoms with van der Waals surface area (Å²) in [5.74, 6) is -0.462. The lowest BCUT2D eigenvalue weighted by molar-refractivity contribution is 0.0944. The van der Waals surface area contributed by atoms with Crippen molar-refractivity contribution in [3.63, 3.8) is 0 Å². The van der Waals surface area contributed by atoms with E-state index in [1.165, 1.54) is 19.2 Å². The number of pyridine rings is 1. The molecule has 1 aromatic heterocycles. The van der Waals surface area contributed by atoms with Crippen molar-refractivity contribution in [2.45, 2.75) is 32.4 Å². The van der Waals surface area contributed by atoms with Crippen LogP contribution in [0.25, 0.3) is 0 Å². The molecule has 1 aromatic carbocycles. The van der Waals surface area contributed by atoms with Crippen LogP contribution in [0.15, 0.2) is 35.1 Å². The monoisotopic (exact) mass is 330 g/mol. The van der Waals surface area contributed by atoms with Gasteiger partial charge in [0.05, 0.1) is 7.11 Å². The molecular formula is C18H19FN2O3. The highest BCUT2D eigenvalue weighted by molar-refractivity contribution is 5.98. The Bertz CT molecular complexity index is 829. The lowest BCUT2D eigenvalue weighted by Crippen LogP contribution is -2.33. The van der Waals surface area contributed by atoms with Crippen molar-refractivity contribution in [1.29, 1.82) is 0 Å². The van der Waals surface area contributed by atoms with Gasteiger partial charge < -0.3 is 14.6 Å². The Morgan fingerprint density at radius 1 is 1.33 bits per heavy atom. The molecule has 0 unspecified atom stereocenters. The van der Waals surface area contributed by atoms with Crippen molar-refractivity contribution in [3.05, 3.63) is 63.3 Å². The first-order valence-electron chi connectivity index (χ1n) is 7.94. The molecule has 0 radical (unpaired) electrons. The van der Waals surface area contributed by atoms with E-state index in [-0.39, 0.29) is 29.6 Å². The average Bonchev–Trinajstić information content (AvgIpc) is 2.60. The quantitative estimate of drug-likeness (QED) is 0.935. The SMILES string of the molecule is COc1cc(=O)n2c(c1C(=O)NCc1ccccc1F)CCCC2. The first kappa shape index (κ1) is 16.2. The predicted molar refractivity (Wildman–Crippen MR) is 87.8 cm³/mol. The molecule has 1 aliphatic heterocycles. The van der Waals surface area contributed by atoms with Gasteiger partial charge in [0.15, 0.2) is 0 Å². The Morgan fingerprint density at radius 2 is 2.12 bits per heavy atom. The van der Waals surface area contributed by atoms with Gasteiger partial charge in [-0.05, 0) is 25.3 Å². The van der Waals surface area contributed by atoms with E-state index in [0.29, 0.717) is 29.8 Å². The number of ether oxygens (including phenoxy) is 1. The number of aromatic nitrogens is 1. The lowest BCUT2D eigenvalue weighted by Gasteiger charge is -2.22. The number of hydrogen-bond donors (Lipinski definition) is 1. The molecule has 5 nitrogen and oxygen atoms in total. The number of amides is 1. The molecule has 0 fully saturated rings. The minimum Gasteiger partial charge on any atom is -0.496 e. The minimum absolute atomic E-state index is 0.0766. The summed E-state index contributed by atoms with van der Waals surface area (Å²) in [6.07, 6.45) is 2.48. The van der Waals surface area contributed by atoms with E-state index < -0.39 is 0 Å². The normalized spacial score (nSPS) is 13.2. The summed E-state index contributed by atoms with van der Waals surface area (Å²) in [6.45, 7) is 0.680. The van der Waals surface area contributed by atoms with Gasteiger partial charge >= 0.3 is 0 Å². The van der Waals surface area contributed by atoms with Crippen molar-refractivity contribution >= 4 is 5.91 Å². The highest BCUT2D eigenvalue weighted by Crippen LogP contribution is 2.25. The molecule has 0 aliphatic carbocycles. The number of benzene rings is 1. The van der Waals surface area contributed by atoms with Crippen molar-refractivity contribution in [2.24, 2.45) is 0 Å². The second kappa shape index (κ2) is 6.86. The topological polar surface area (TPSA) is 60.3 Å². The van der Waals surface area contributed by atoms with Crippen LogP contribution in [-0.2, 0) is 19.5 Å². The number of methoxy groups -OCH3 is 1. The summed E-state index contributed by atoms with van der Waals surface area (Å²) < 4.78 is 20.6. The summed E-state index contributed by atoms with van der Waals surface area (Å²) in [4.78, 5) is 24.8. The highest BCUT2D eigenvalue weighted by atomic mass is 19.1. The number of nitrogens with zero attached hydrogens (tertiary/aromatic N) is 1. The van der Waals surface area contributed by atoms with E-state index in [1.807, 2.05) is 0 Å². The van der Waals surface area contributed by atoms with E-state index in [9.17, 15) is 14.0 Å². The lowest BCUT2D eigenvalue weighted by atomic mass is 10.0. The van der Waals surface area contributed by atoms with Gasteiger partial charge in [-0.2, -0.15) is 0 Å². The number of halogens is 1. The summed E-state index contributed by atoms with van der Waals surface area (Å²) >= 11 is 0. The third-order valence-corrected chi connectivity index (χ3v) is 4.27. The van der Waals surface area contributed by atoms with Crippen LogP contribution in [0, 0.1) is 5.82 Å². The number of rotatable bonds is 4. The van der Waals surface area contributed by atoms with E-state index >= 15 is 0 Å². The number of hydrogen-bond acceptors (Lipinski definition) is 3. The van der Waals surface area contributed by atoms with E-state index in [1.54, 1.807) is 22.8 Å². The van der Waals surface area contributed by atoms with Crippen LogP contribution < -0.4 is 15.6 Å². The van der Waals surface area contributed by atoms with E-state index in [0.717, 1.165) is 12.8 Å². The molecule has 2 heterocycles. The molecule has 1 aliphatic rings. The van der Waals surface area contributed by atoms with Gasteiger partial charge in [0.1, 0.15) is 17.1 Å². The zero-order valence-electron chi connectivity index (χ0n) is 13.5. The molecule has 24 heavy (non-hydrogen) atoms. The van der Waals surface area contributed by atoms with E-state index in [2.05, 4.69) is 5.32 Å². The summed E-state index contributed by atoms with van der Waals surface area (Å²) in [5, 5.41) is 2.73. The fourth-order valence-electron chi connectivity index (χ4n) is 3.05. The van der Waals surface area contributed by atoms with Gasteiger partial charge in [0.25, 0.3) is 11.5 Å². The maximum absolute atomic E-state index is 13.7. The van der Waals surface area contributed by atoms with Gasteiger partial charge in [-0.3, -0.25) is 9.59 Å². The van der Waals surface area contributed by atoms with E-state index in [4.69, 9.17) is 4.74 Å². The number of carbonyl (C=O) groups excluding carboxylic acids is 1. The van der Waals surface area contributed by atoms with Crippen molar-refractivity contribution in [1.82, 2.24) is 9.88 Å². The molecule has 2 aromatic rings. The number of nitrogens with one attached hydrogen (secondary N) is 1. The third kappa shape index (κ3) is 3.04. The molecule has 1 N–H and O–H groups in total. The van der Waals surface area contributed by atoms with Gasteiger partial charge in [-0.25, -0.2) is 4.39 Å². The Kier molecular flexibility index (Phi) is 4.64. The second-order valence-electron chi connectivity index (χ2n) is 5.76. The molecule has 0 spiro atoms. The van der Waals surface area contributed by atoms with Crippen LogP contribution in [0.2, 0.25) is 0 Å². The van der Waals surface area contributed by atoms with Crippen LogP contribution >= 0.6 is 0 Å². The van der Waals surface area contributed by atoms with Gasteiger partial charge in [-0.15, -0.1) is 0 Å². The standard InChI is InChI=1S/C18H19FN2O3/c1-24-15-10-16(22)21-9-5-4-8-14(21)17(15)18(23)20-11-12-6-2-3-7-13(12)19/h2-3,6-7,10H,4-5,8-9,11H2,1H3,(H,20,23). The maximum Gasteiger partial charge on any atom is 0.257 e. The zero-order chi connectivity index (χ0) is 17.1. The minimum atomic E-state index is -0.365. The first-order valence-corrected chi connectivity index (χ1v) is 7.94. The molecule has 126 valence electrons. The molecule has 1 amide bonds. The van der Waals surface area contributed by atoms with Crippen LogP contribution in [0.4, 0.5) is 4.39 Å². The van der Waals surface area contributed by atoms with Crippen LogP contribution in [-0.4, -0.2) is 17.6 Å². The molecule has 6 heteroatoms. The Morgan fingerprint density at radius 3 is 2.88 bits per heavy atom. The molecule has 0 bridgehead atoms. The molecule has 0 atom stereocenters. The molecule has 0 saturated heterocycles. The van der Waals surface area contributed by atoms with Gasteiger partial charge in [-0.1, -0.05) is 18.2 Å². The highest BCUT2D eigenvalue weighted by Gasteiger charge is 2.24. The molecule has 0 saturated carbocycles. The van der Waals surface area contributed by atoms with Crippen molar-refractivity contribution < 1.29 is 13.9 Å². The molecular weight excluding hydrogens is 311 g/mol. The van der Waals surface area contributed by atoms with Gasteiger partial charge in [0, 0.05) is 30.4 Å². The second-order valence-corrected chi connectivity index (χ2v) is 5.76. The van der Waals surface area contributed by atoms with Crippen LogP contribution in [0.5, 0.6) is 5.75 Å². The van der Waals surface area contributed by atoms with Crippen LogP contribution in [0.3, 0.4) is 0 Å². The summed E-state index contributed by atoms with van der Waals surface area (Å²) in [5.41, 5.74) is 1.31. The maximum atomic E-state index is 13.7. The third-order valence-electron chi connectivity index (χ3n) is 4.27. The summed E-state index contributed by atoms with van der Waals surface area (Å²) in [7, 11) is 1.43. The Balaban J connectivity index is 1.92. The van der Waals surface area contributed by atoms with Gasteiger partial charge in [0.2, 0.25) is 0 Å². The smallest absolute Gasteiger partial charge is 0.257 e. The largest absolute Gasteiger partial charge is 0.496 e. The number of carbonyl (C=O) groups is 1. The Labute approximate surface area is 139 Å². The number of fused-ring (bicyclic) bond motifs is 1. The summed E-state index contributed by atoms with van der Waals surface area (Å²) in [6, 6.07) is 7.63. The van der Waals surface area contributed by atoms with Crippen LogP contribution in [0.1, 0.15) is 34.5 Å². The fraction of sp³-hybridized carbons (Fsp3) is 0.333. The fourth-order valence-corrected chi connectivity index (χ4v) is 3.05. The first-order chi connectivity index (χ1) is 11.6. The van der Waals surface area contributed by atoms with Crippen molar-refractivity contribution in [3.8, 4) is 5.75 Å². The predicted octanol–water partition coefficient (Wildman–Crippen LogP) is 2.26. The Hall–Kier alpha value is -2.63. The average molecular weight is 330 g/mol. The molecule has 3 rings (SSSR count). The zero-order valence-corrected chi connectivity index (χ0v) is 13.5.